The third kappa shape index (κ3) is 8.13. The SMILES string of the molecule is O=S(=O)(c1ccc(Cl)cc1)c1ccc(Oc2ccc(C(c3ccccc3)(c3ccccc3)c3ccc(Oc4ccc(S(=O)(=O)c5ccc(Cl)cc5)cc4)cc3)cc2)cc1. The van der Waals surface area contributed by atoms with E-state index in [2.05, 4.69) is 24.3 Å². The predicted octanol–water partition coefficient (Wildman–Crippen LogP) is 12.6. The van der Waals surface area contributed by atoms with Gasteiger partial charge in [-0.25, -0.2) is 16.8 Å². The van der Waals surface area contributed by atoms with Gasteiger partial charge in [-0.05, 0) is 144 Å². The van der Waals surface area contributed by atoms with Crippen LogP contribution in [0.2, 0.25) is 10.0 Å². The number of rotatable bonds is 12. The second kappa shape index (κ2) is 16.6. The van der Waals surface area contributed by atoms with Gasteiger partial charge in [0.15, 0.2) is 0 Å². The monoisotopic (exact) mass is 852 g/mol. The molecule has 10 heteroatoms. The molecule has 0 aliphatic heterocycles. The van der Waals surface area contributed by atoms with Crippen LogP contribution in [0.25, 0.3) is 0 Å². The van der Waals surface area contributed by atoms with E-state index in [9.17, 15) is 16.8 Å². The molecule has 0 N–H and O–H groups in total. The number of halogens is 2. The minimum atomic E-state index is -3.73. The largest absolute Gasteiger partial charge is 0.457 e. The van der Waals surface area contributed by atoms with Crippen LogP contribution < -0.4 is 9.47 Å². The van der Waals surface area contributed by atoms with Crippen LogP contribution in [0.15, 0.2) is 226 Å². The average molecular weight is 854 g/mol. The highest BCUT2D eigenvalue weighted by molar-refractivity contribution is 7.91. The quantitative estimate of drug-likeness (QED) is 0.114. The fourth-order valence-corrected chi connectivity index (χ4v) is 9.84. The summed E-state index contributed by atoms with van der Waals surface area (Å²) in [6.45, 7) is 0. The number of sulfone groups is 2. The Kier molecular flexibility index (Phi) is 11.2. The Labute approximate surface area is 353 Å². The van der Waals surface area contributed by atoms with E-state index in [1.54, 1.807) is 48.5 Å². The summed E-state index contributed by atoms with van der Waals surface area (Å²) < 4.78 is 65.1. The van der Waals surface area contributed by atoms with Gasteiger partial charge in [0.2, 0.25) is 19.7 Å². The Morgan fingerprint density at radius 1 is 0.305 bits per heavy atom. The first-order valence-corrected chi connectivity index (χ1v) is 22.1. The van der Waals surface area contributed by atoms with E-state index in [1.807, 2.05) is 84.9 Å². The summed E-state index contributed by atoms with van der Waals surface area (Å²) in [4.78, 5) is 0.607. The van der Waals surface area contributed by atoms with Crippen molar-refractivity contribution in [2.45, 2.75) is 25.0 Å². The molecule has 6 nitrogen and oxygen atoms in total. The average Bonchev–Trinajstić information content (AvgIpc) is 3.26. The maximum atomic E-state index is 13.2. The fraction of sp³-hybridized carbons (Fsp3) is 0.0204. The zero-order valence-electron chi connectivity index (χ0n) is 31.2. The second-order valence-electron chi connectivity index (χ2n) is 13.6. The summed E-state index contributed by atoms with van der Waals surface area (Å²) in [5.74, 6) is 2.12. The third-order valence-corrected chi connectivity index (χ3v) is 14.1. The Balaban J connectivity index is 1.08. The van der Waals surface area contributed by atoms with Crippen molar-refractivity contribution in [3.8, 4) is 23.0 Å². The molecule has 0 radical (unpaired) electrons. The molecular formula is C49H34Cl2O6S2. The molecule has 0 spiro atoms. The highest BCUT2D eigenvalue weighted by Crippen LogP contribution is 2.46. The molecule has 0 unspecified atom stereocenters. The first-order valence-electron chi connectivity index (χ1n) is 18.4. The van der Waals surface area contributed by atoms with Crippen LogP contribution in [0.5, 0.6) is 23.0 Å². The molecule has 8 aromatic rings. The lowest BCUT2D eigenvalue weighted by Gasteiger charge is -2.37. The van der Waals surface area contributed by atoms with Crippen LogP contribution in [-0.4, -0.2) is 16.8 Å². The smallest absolute Gasteiger partial charge is 0.206 e. The molecule has 8 aromatic carbocycles. The van der Waals surface area contributed by atoms with Crippen molar-refractivity contribution in [1.82, 2.24) is 0 Å². The number of hydrogen-bond acceptors (Lipinski definition) is 6. The van der Waals surface area contributed by atoms with Crippen molar-refractivity contribution in [3.05, 3.63) is 239 Å². The van der Waals surface area contributed by atoms with Crippen molar-refractivity contribution in [3.63, 3.8) is 0 Å². The van der Waals surface area contributed by atoms with E-state index in [4.69, 9.17) is 32.7 Å². The molecular weight excluding hydrogens is 820 g/mol. The Bertz CT molecular complexity index is 2700. The molecule has 0 saturated carbocycles. The molecule has 0 fully saturated rings. The molecule has 0 heterocycles. The molecule has 0 aromatic heterocycles. The van der Waals surface area contributed by atoms with Gasteiger partial charge >= 0.3 is 0 Å². The lowest BCUT2D eigenvalue weighted by molar-refractivity contribution is 0.481. The first kappa shape index (κ1) is 39.7. The fourth-order valence-electron chi connectivity index (χ4n) is 7.07. The highest BCUT2D eigenvalue weighted by Gasteiger charge is 2.38. The minimum absolute atomic E-state index is 0.146. The summed E-state index contributed by atoms with van der Waals surface area (Å²) in [5, 5.41) is 0.916. The highest BCUT2D eigenvalue weighted by atomic mass is 35.5. The van der Waals surface area contributed by atoms with Crippen molar-refractivity contribution in [2.24, 2.45) is 0 Å². The molecule has 8 rings (SSSR count). The standard InChI is InChI=1S/C49H34Cl2O6S2/c50-39-15-27-45(28-16-39)58(52,53)47-31-23-43(24-32-47)56-41-19-11-37(12-20-41)49(35-7-3-1-4-8-35,36-9-5-2-6-10-36)38-13-21-42(22-14-38)57-44-25-33-48(34-26-44)59(54,55)46-29-17-40(51)18-30-46/h1-34H. The van der Waals surface area contributed by atoms with Crippen LogP contribution in [0.3, 0.4) is 0 Å². The van der Waals surface area contributed by atoms with Gasteiger partial charge < -0.3 is 9.47 Å². The molecule has 292 valence electrons. The predicted molar refractivity (Wildman–Crippen MR) is 232 cm³/mol. The van der Waals surface area contributed by atoms with E-state index in [0.29, 0.717) is 33.0 Å². The Morgan fingerprint density at radius 2 is 0.542 bits per heavy atom. The van der Waals surface area contributed by atoms with Gasteiger partial charge in [-0.2, -0.15) is 0 Å². The van der Waals surface area contributed by atoms with Crippen LogP contribution in [-0.2, 0) is 25.1 Å². The summed E-state index contributed by atoms with van der Waals surface area (Å²) in [7, 11) is -7.45. The zero-order valence-corrected chi connectivity index (χ0v) is 34.3. The topological polar surface area (TPSA) is 86.7 Å². The van der Waals surface area contributed by atoms with E-state index in [-0.39, 0.29) is 19.6 Å². The van der Waals surface area contributed by atoms with Gasteiger partial charge in [0.1, 0.15) is 23.0 Å². The van der Waals surface area contributed by atoms with Crippen molar-refractivity contribution in [2.75, 3.05) is 0 Å². The van der Waals surface area contributed by atoms with Crippen LogP contribution in [0, 0.1) is 0 Å². The van der Waals surface area contributed by atoms with Crippen molar-refractivity contribution < 1.29 is 26.3 Å². The van der Waals surface area contributed by atoms with E-state index in [0.717, 1.165) is 22.3 Å². The van der Waals surface area contributed by atoms with Crippen LogP contribution in [0.1, 0.15) is 22.3 Å². The van der Waals surface area contributed by atoms with Gasteiger partial charge in [0.25, 0.3) is 0 Å². The maximum Gasteiger partial charge on any atom is 0.206 e. The van der Waals surface area contributed by atoms with Gasteiger partial charge in [-0.3, -0.25) is 0 Å². The Morgan fingerprint density at radius 3 is 0.831 bits per heavy atom. The van der Waals surface area contributed by atoms with E-state index < -0.39 is 25.1 Å². The molecule has 0 saturated heterocycles. The zero-order chi connectivity index (χ0) is 41.0. The minimum Gasteiger partial charge on any atom is -0.457 e. The lowest BCUT2D eigenvalue weighted by Crippen LogP contribution is -2.30. The number of benzene rings is 8. The van der Waals surface area contributed by atoms with Gasteiger partial charge in [-0.15, -0.1) is 0 Å². The Hall–Kier alpha value is -6.16. The van der Waals surface area contributed by atoms with Crippen LogP contribution in [0.4, 0.5) is 0 Å². The summed E-state index contributed by atoms with van der Waals surface area (Å²) >= 11 is 11.9. The molecule has 0 amide bonds. The van der Waals surface area contributed by atoms with Gasteiger partial charge in [-0.1, -0.05) is 108 Å². The van der Waals surface area contributed by atoms with E-state index in [1.165, 1.54) is 48.5 Å². The van der Waals surface area contributed by atoms with Gasteiger partial charge in [0.05, 0.1) is 25.0 Å². The van der Waals surface area contributed by atoms with Crippen molar-refractivity contribution in [1.29, 1.82) is 0 Å². The first-order chi connectivity index (χ1) is 28.5. The normalized spacial score (nSPS) is 11.8. The number of ether oxygens (including phenoxy) is 2. The van der Waals surface area contributed by atoms with E-state index >= 15 is 0 Å². The second-order valence-corrected chi connectivity index (χ2v) is 18.4. The third-order valence-electron chi connectivity index (χ3n) is 9.98. The van der Waals surface area contributed by atoms with Gasteiger partial charge in [0, 0.05) is 10.0 Å². The molecule has 59 heavy (non-hydrogen) atoms. The summed E-state index contributed by atoms with van der Waals surface area (Å²) in [6.07, 6.45) is 0. The summed E-state index contributed by atoms with van der Waals surface area (Å²) in [6, 6.07) is 61.1. The van der Waals surface area contributed by atoms with Crippen molar-refractivity contribution >= 4 is 42.9 Å². The molecule has 0 aliphatic rings. The molecule has 0 atom stereocenters. The number of hydrogen-bond donors (Lipinski definition) is 0. The molecule has 0 bridgehead atoms. The van der Waals surface area contributed by atoms with Crippen LogP contribution >= 0.6 is 23.2 Å². The molecule has 0 aliphatic carbocycles. The summed E-state index contributed by atoms with van der Waals surface area (Å²) in [5.41, 5.74) is 3.30. The lowest BCUT2D eigenvalue weighted by atomic mass is 9.65. The maximum absolute atomic E-state index is 13.2.